The fraction of sp³-hybridized carbons (Fsp3) is 0.231. The Hall–Kier alpha value is -0.910. The largest absolute Gasteiger partial charge is 0.484 e. The lowest BCUT2D eigenvalue weighted by atomic mass is 9.98. The summed E-state index contributed by atoms with van der Waals surface area (Å²) in [7, 11) is 0. The molecule has 3 rings (SSSR count). The molecular formula is C13H10BrFO2S. The molecule has 0 saturated carbocycles. The Kier molecular flexibility index (Phi) is 3.13. The lowest BCUT2D eigenvalue weighted by Crippen LogP contribution is -2.18. The van der Waals surface area contributed by atoms with Gasteiger partial charge in [-0.25, -0.2) is 4.39 Å². The lowest BCUT2D eigenvalue weighted by Gasteiger charge is -2.29. The van der Waals surface area contributed by atoms with Crippen LogP contribution in [-0.2, 0) is 0 Å². The second-order valence-electron chi connectivity index (χ2n) is 4.17. The lowest BCUT2D eigenvalue weighted by molar-refractivity contribution is 0.0668. The summed E-state index contributed by atoms with van der Waals surface area (Å²) in [6.45, 7) is 0. The predicted molar refractivity (Wildman–Crippen MR) is 71.4 cm³/mol. The molecule has 2 nitrogen and oxygen atoms in total. The molecule has 1 aliphatic heterocycles. The van der Waals surface area contributed by atoms with Crippen LogP contribution in [0.5, 0.6) is 5.75 Å². The van der Waals surface area contributed by atoms with E-state index in [2.05, 4.69) is 15.9 Å². The second-order valence-corrected chi connectivity index (χ2v) is 5.97. The molecule has 0 fully saturated rings. The molecule has 1 aromatic carbocycles. The van der Waals surface area contributed by atoms with Crippen LogP contribution in [0.15, 0.2) is 34.1 Å². The molecule has 0 spiro atoms. The van der Waals surface area contributed by atoms with Crippen LogP contribution in [0.25, 0.3) is 0 Å². The first-order valence-corrected chi connectivity index (χ1v) is 7.19. The molecule has 0 bridgehead atoms. The standard InChI is InChI=1S/C13H10BrFO2S/c14-9-3-4-18-13(9)12-6-10(16)8-2-1-7(15)5-11(8)17-12/h1-5,10,12,16H,6H2. The van der Waals surface area contributed by atoms with Crippen molar-refractivity contribution in [2.45, 2.75) is 18.6 Å². The Bertz CT molecular complexity index is 584. The van der Waals surface area contributed by atoms with Crippen LogP contribution in [0.1, 0.15) is 29.1 Å². The normalized spacial score (nSPS) is 22.4. The summed E-state index contributed by atoms with van der Waals surface area (Å²) >= 11 is 5.01. The average molecular weight is 329 g/mol. The molecule has 2 atom stereocenters. The molecular weight excluding hydrogens is 319 g/mol. The van der Waals surface area contributed by atoms with Crippen LogP contribution in [0.2, 0.25) is 0 Å². The molecule has 0 saturated heterocycles. The third-order valence-electron chi connectivity index (χ3n) is 2.98. The van der Waals surface area contributed by atoms with E-state index in [1.54, 1.807) is 17.4 Å². The van der Waals surface area contributed by atoms with Crippen molar-refractivity contribution >= 4 is 27.3 Å². The van der Waals surface area contributed by atoms with Crippen molar-refractivity contribution in [2.75, 3.05) is 0 Å². The number of fused-ring (bicyclic) bond motifs is 1. The van der Waals surface area contributed by atoms with E-state index in [0.717, 1.165) is 9.35 Å². The third kappa shape index (κ3) is 2.06. The molecule has 0 amide bonds. The van der Waals surface area contributed by atoms with E-state index in [0.29, 0.717) is 17.7 Å². The Morgan fingerprint density at radius 3 is 2.94 bits per heavy atom. The van der Waals surface area contributed by atoms with Crippen LogP contribution < -0.4 is 4.74 Å². The van der Waals surface area contributed by atoms with Gasteiger partial charge in [0.25, 0.3) is 0 Å². The number of halogens is 2. The van der Waals surface area contributed by atoms with Crippen molar-refractivity contribution in [3.8, 4) is 5.75 Å². The number of aliphatic hydroxyl groups is 1. The zero-order valence-corrected chi connectivity index (χ0v) is 11.7. The summed E-state index contributed by atoms with van der Waals surface area (Å²) < 4.78 is 20.0. The first-order chi connectivity index (χ1) is 8.65. The second kappa shape index (κ2) is 4.64. The molecule has 2 aromatic rings. The molecule has 0 aliphatic carbocycles. The van der Waals surface area contributed by atoms with Crippen molar-refractivity contribution in [3.63, 3.8) is 0 Å². The van der Waals surface area contributed by atoms with Gasteiger partial charge in [-0.3, -0.25) is 0 Å². The van der Waals surface area contributed by atoms with Gasteiger partial charge in [0.15, 0.2) is 0 Å². The molecule has 5 heteroatoms. The maximum atomic E-state index is 13.2. The average Bonchev–Trinajstić information content (AvgIpc) is 2.74. The van der Waals surface area contributed by atoms with E-state index in [4.69, 9.17) is 4.74 Å². The number of thiophene rings is 1. The summed E-state index contributed by atoms with van der Waals surface area (Å²) in [6.07, 6.45) is -0.366. The minimum atomic E-state index is -0.617. The molecule has 0 radical (unpaired) electrons. The SMILES string of the molecule is OC1CC(c2sccc2Br)Oc2cc(F)ccc21. The number of rotatable bonds is 1. The van der Waals surface area contributed by atoms with Crippen molar-refractivity contribution in [1.29, 1.82) is 0 Å². The number of hydrogen-bond donors (Lipinski definition) is 1. The van der Waals surface area contributed by atoms with Gasteiger partial charge in [-0.15, -0.1) is 11.3 Å². The molecule has 2 heterocycles. The number of benzene rings is 1. The number of aliphatic hydroxyl groups excluding tert-OH is 1. The molecule has 1 aliphatic rings. The smallest absolute Gasteiger partial charge is 0.137 e. The molecule has 2 unspecified atom stereocenters. The van der Waals surface area contributed by atoms with Gasteiger partial charge in [-0.05, 0) is 39.5 Å². The highest BCUT2D eigenvalue weighted by Crippen LogP contribution is 2.44. The Morgan fingerprint density at radius 1 is 1.39 bits per heavy atom. The molecule has 18 heavy (non-hydrogen) atoms. The summed E-state index contributed by atoms with van der Waals surface area (Å²) in [6, 6.07) is 6.19. The van der Waals surface area contributed by atoms with Gasteiger partial charge in [0.2, 0.25) is 0 Å². The predicted octanol–water partition coefficient (Wildman–Crippen LogP) is 4.21. The van der Waals surface area contributed by atoms with Gasteiger partial charge < -0.3 is 9.84 Å². The maximum Gasteiger partial charge on any atom is 0.137 e. The van der Waals surface area contributed by atoms with E-state index < -0.39 is 6.10 Å². The Morgan fingerprint density at radius 2 is 2.22 bits per heavy atom. The minimum Gasteiger partial charge on any atom is -0.484 e. The molecule has 1 N–H and O–H groups in total. The fourth-order valence-corrected chi connectivity index (χ4v) is 3.78. The summed E-state index contributed by atoms with van der Waals surface area (Å²) in [4.78, 5) is 1.02. The van der Waals surface area contributed by atoms with Gasteiger partial charge in [0, 0.05) is 22.5 Å². The van der Waals surface area contributed by atoms with E-state index in [-0.39, 0.29) is 11.9 Å². The van der Waals surface area contributed by atoms with Gasteiger partial charge >= 0.3 is 0 Å². The highest BCUT2D eigenvalue weighted by Gasteiger charge is 2.30. The van der Waals surface area contributed by atoms with Crippen LogP contribution in [0, 0.1) is 5.82 Å². The first kappa shape index (κ1) is 12.1. The van der Waals surface area contributed by atoms with Gasteiger partial charge in [0.05, 0.1) is 11.0 Å². The fourth-order valence-electron chi connectivity index (χ4n) is 2.11. The zero-order chi connectivity index (χ0) is 12.7. The van der Waals surface area contributed by atoms with E-state index in [1.165, 1.54) is 12.1 Å². The maximum absolute atomic E-state index is 13.2. The molecule has 1 aromatic heterocycles. The van der Waals surface area contributed by atoms with E-state index in [1.807, 2.05) is 11.4 Å². The summed E-state index contributed by atoms with van der Waals surface area (Å²) in [5.74, 6) is 0.0749. The van der Waals surface area contributed by atoms with Crippen molar-refractivity contribution in [1.82, 2.24) is 0 Å². The first-order valence-electron chi connectivity index (χ1n) is 5.52. The Balaban J connectivity index is 1.98. The van der Waals surface area contributed by atoms with Crippen molar-refractivity contribution in [3.05, 3.63) is 50.4 Å². The van der Waals surface area contributed by atoms with Crippen LogP contribution in [-0.4, -0.2) is 5.11 Å². The quantitative estimate of drug-likeness (QED) is 0.849. The highest BCUT2D eigenvalue weighted by atomic mass is 79.9. The summed E-state index contributed by atoms with van der Waals surface area (Å²) in [5.41, 5.74) is 0.653. The van der Waals surface area contributed by atoms with Crippen molar-refractivity contribution in [2.24, 2.45) is 0 Å². The van der Waals surface area contributed by atoms with Gasteiger partial charge in [-0.1, -0.05) is 0 Å². The van der Waals surface area contributed by atoms with Crippen LogP contribution in [0.3, 0.4) is 0 Å². The van der Waals surface area contributed by atoms with Crippen LogP contribution >= 0.6 is 27.3 Å². The van der Waals surface area contributed by atoms with Crippen LogP contribution in [0.4, 0.5) is 4.39 Å². The number of ether oxygens (including phenoxy) is 1. The van der Waals surface area contributed by atoms with Gasteiger partial charge in [0.1, 0.15) is 17.7 Å². The Labute approximate surface area is 116 Å². The molecule has 94 valence electrons. The van der Waals surface area contributed by atoms with E-state index in [9.17, 15) is 9.50 Å². The summed E-state index contributed by atoms with van der Waals surface area (Å²) in [5, 5.41) is 12.1. The zero-order valence-electron chi connectivity index (χ0n) is 9.27. The van der Waals surface area contributed by atoms with E-state index >= 15 is 0 Å². The highest BCUT2D eigenvalue weighted by molar-refractivity contribution is 9.10. The monoisotopic (exact) mass is 328 g/mol. The minimum absolute atomic E-state index is 0.233. The number of hydrogen-bond acceptors (Lipinski definition) is 3. The van der Waals surface area contributed by atoms with Crippen molar-refractivity contribution < 1.29 is 14.2 Å². The van der Waals surface area contributed by atoms with Gasteiger partial charge in [-0.2, -0.15) is 0 Å². The topological polar surface area (TPSA) is 29.5 Å². The third-order valence-corrected chi connectivity index (χ3v) is 4.94.